The zero-order valence-electron chi connectivity index (χ0n) is 17.2. The van der Waals surface area contributed by atoms with Crippen LogP contribution in [0.3, 0.4) is 0 Å². The topological polar surface area (TPSA) is 0 Å². The van der Waals surface area contributed by atoms with Crippen molar-refractivity contribution in [2.24, 2.45) is 0 Å². The summed E-state index contributed by atoms with van der Waals surface area (Å²) in [5.74, 6) is 0. The first-order valence-corrected chi connectivity index (χ1v) is 11.7. The lowest BCUT2D eigenvalue weighted by atomic mass is 9.64. The molecule has 1 fully saturated rings. The van der Waals surface area contributed by atoms with Gasteiger partial charge in [0.2, 0.25) is 0 Å². The monoisotopic (exact) mass is 394 g/mol. The molecular formula is C28H26S. The van der Waals surface area contributed by atoms with Crippen LogP contribution in [0.1, 0.15) is 45.1 Å². The Morgan fingerprint density at radius 3 is 2.10 bits per heavy atom. The Balaban J connectivity index is 1.64. The van der Waals surface area contributed by atoms with Gasteiger partial charge in [-0.1, -0.05) is 74.4 Å². The molecule has 0 spiro atoms. The quantitative estimate of drug-likeness (QED) is 0.292. The first-order chi connectivity index (χ1) is 14.1. The average Bonchev–Trinajstić information content (AvgIpc) is 2.98. The Bertz CT molecular complexity index is 1220. The van der Waals surface area contributed by atoms with E-state index in [1.165, 1.54) is 63.3 Å². The molecule has 2 aliphatic rings. The van der Waals surface area contributed by atoms with Crippen molar-refractivity contribution in [3.63, 3.8) is 0 Å². The van der Waals surface area contributed by atoms with Gasteiger partial charge in [-0.3, -0.25) is 0 Å². The Kier molecular flexibility index (Phi) is 3.72. The van der Waals surface area contributed by atoms with Crippen molar-refractivity contribution >= 4 is 33.3 Å². The third-order valence-corrected chi connectivity index (χ3v) is 9.40. The molecule has 2 unspecified atom stereocenters. The van der Waals surface area contributed by atoms with Crippen LogP contribution in [0, 0.1) is 0 Å². The smallest absolute Gasteiger partial charge is 0.0273 e. The van der Waals surface area contributed by atoms with Crippen LogP contribution in [0.25, 0.3) is 32.7 Å². The second-order valence-corrected chi connectivity index (χ2v) is 10.8. The molecule has 144 valence electrons. The molecule has 1 heterocycles. The van der Waals surface area contributed by atoms with E-state index in [0.29, 0.717) is 4.75 Å². The van der Waals surface area contributed by atoms with Crippen LogP contribution >= 0.6 is 11.8 Å². The second-order valence-electron chi connectivity index (χ2n) is 9.28. The molecule has 1 aliphatic carbocycles. The fourth-order valence-electron chi connectivity index (χ4n) is 5.84. The Morgan fingerprint density at radius 2 is 1.38 bits per heavy atom. The molecule has 1 saturated carbocycles. The van der Waals surface area contributed by atoms with Crippen molar-refractivity contribution < 1.29 is 0 Å². The van der Waals surface area contributed by atoms with Crippen LogP contribution in [-0.2, 0) is 5.41 Å². The van der Waals surface area contributed by atoms with Crippen LogP contribution in [0.4, 0.5) is 0 Å². The molecule has 0 saturated heterocycles. The predicted molar refractivity (Wildman–Crippen MR) is 127 cm³/mol. The molecular weight excluding hydrogens is 368 g/mol. The number of fused-ring (bicyclic) bond motifs is 5. The molecule has 1 heteroatoms. The van der Waals surface area contributed by atoms with Crippen molar-refractivity contribution in [3.05, 3.63) is 78.4 Å². The molecule has 0 radical (unpaired) electrons. The van der Waals surface area contributed by atoms with Gasteiger partial charge in [0.05, 0.1) is 0 Å². The lowest BCUT2D eigenvalue weighted by molar-refractivity contribution is 0.260. The molecule has 4 aromatic rings. The van der Waals surface area contributed by atoms with Crippen molar-refractivity contribution in [1.29, 1.82) is 0 Å². The van der Waals surface area contributed by atoms with Gasteiger partial charge < -0.3 is 0 Å². The highest BCUT2D eigenvalue weighted by Crippen LogP contribution is 2.63. The van der Waals surface area contributed by atoms with Crippen molar-refractivity contribution in [2.45, 2.75) is 54.6 Å². The maximum absolute atomic E-state index is 2.53. The van der Waals surface area contributed by atoms with Gasteiger partial charge >= 0.3 is 0 Å². The van der Waals surface area contributed by atoms with E-state index in [9.17, 15) is 0 Å². The Hall–Kier alpha value is -2.25. The number of hydrogen-bond acceptors (Lipinski definition) is 1. The fraction of sp³-hybridized carbons (Fsp3) is 0.286. The molecule has 4 aromatic carbocycles. The Morgan fingerprint density at radius 1 is 0.724 bits per heavy atom. The van der Waals surface area contributed by atoms with Gasteiger partial charge in [0.1, 0.15) is 0 Å². The van der Waals surface area contributed by atoms with E-state index in [-0.39, 0.29) is 5.41 Å². The standard InChI is InChI=1S/C28H26S/c1-27-15-7-8-16-28(27,2)29-25-14-13-21(18-24(25)27)26-22-11-5-3-9-19(22)17-20-10-4-6-12-23(20)26/h3-6,9-14,17-18H,7-8,15-16H2,1-2H3. The highest BCUT2D eigenvalue weighted by molar-refractivity contribution is 8.01. The minimum Gasteiger partial charge on any atom is -0.118 e. The van der Waals surface area contributed by atoms with Gasteiger partial charge in [-0.25, -0.2) is 0 Å². The minimum absolute atomic E-state index is 0.279. The van der Waals surface area contributed by atoms with Gasteiger partial charge in [-0.2, -0.15) is 0 Å². The Labute approximate surface area is 177 Å². The van der Waals surface area contributed by atoms with Crippen LogP contribution in [0.5, 0.6) is 0 Å². The normalized spacial score (nSPS) is 25.9. The molecule has 0 aromatic heterocycles. The summed E-state index contributed by atoms with van der Waals surface area (Å²) in [7, 11) is 0. The highest BCUT2D eigenvalue weighted by Gasteiger charge is 2.53. The van der Waals surface area contributed by atoms with E-state index in [2.05, 4.69) is 98.4 Å². The minimum atomic E-state index is 0.279. The number of benzene rings is 4. The molecule has 0 nitrogen and oxygen atoms in total. The molecule has 1 aliphatic heterocycles. The first kappa shape index (κ1) is 17.6. The maximum Gasteiger partial charge on any atom is 0.0273 e. The largest absolute Gasteiger partial charge is 0.118 e. The van der Waals surface area contributed by atoms with E-state index < -0.39 is 0 Å². The summed E-state index contributed by atoms with van der Waals surface area (Å²) in [5.41, 5.74) is 4.62. The van der Waals surface area contributed by atoms with Crippen LogP contribution in [0.2, 0.25) is 0 Å². The molecule has 2 atom stereocenters. The zero-order valence-corrected chi connectivity index (χ0v) is 18.0. The lowest BCUT2D eigenvalue weighted by Crippen LogP contribution is -2.43. The first-order valence-electron chi connectivity index (χ1n) is 10.8. The van der Waals surface area contributed by atoms with Gasteiger partial charge in [0.15, 0.2) is 0 Å². The lowest BCUT2D eigenvalue weighted by Gasteiger charge is -2.45. The fourth-order valence-corrected chi connectivity index (χ4v) is 7.54. The summed E-state index contributed by atoms with van der Waals surface area (Å²) in [4.78, 5) is 1.50. The van der Waals surface area contributed by atoms with E-state index in [4.69, 9.17) is 0 Å². The third kappa shape index (κ3) is 2.40. The number of hydrogen-bond donors (Lipinski definition) is 0. The second kappa shape index (κ2) is 6.12. The summed E-state index contributed by atoms with van der Waals surface area (Å²) in [6.45, 7) is 5.03. The molecule has 0 amide bonds. The molecule has 6 rings (SSSR count). The van der Waals surface area contributed by atoms with E-state index in [0.717, 1.165) is 0 Å². The summed E-state index contributed by atoms with van der Waals surface area (Å²) in [5, 5.41) is 5.36. The average molecular weight is 395 g/mol. The molecule has 0 N–H and O–H groups in total. The highest BCUT2D eigenvalue weighted by atomic mass is 32.2. The predicted octanol–water partition coefficient (Wildman–Crippen LogP) is 8.36. The van der Waals surface area contributed by atoms with E-state index >= 15 is 0 Å². The van der Waals surface area contributed by atoms with E-state index in [1.807, 2.05) is 0 Å². The molecule has 29 heavy (non-hydrogen) atoms. The van der Waals surface area contributed by atoms with Crippen LogP contribution in [0.15, 0.2) is 77.7 Å². The van der Waals surface area contributed by atoms with Gasteiger partial charge in [0.25, 0.3) is 0 Å². The maximum atomic E-state index is 2.53. The van der Waals surface area contributed by atoms with Crippen molar-refractivity contribution in [3.8, 4) is 11.1 Å². The molecule has 0 bridgehead atoms. The van der Waals surface area contributed by atoms with E-state index in [1.54, 1.807) is 5.56 Å². The SMILES string of the molecule is CC12CCCCC1(C)c1cc(-c3c4ccccc4cc4ccccc34)ccc1S2. The van der Waals surface area contributed by atoms with Gasteiger partial charge in [0, 0.05) is 15.1 Å². The number of thioether (sulfide) groups is 1. The van der Waals surface area contributed by atoms with Crippen molar-refractivity contribution in [1.82, 2.24) is 0 Å². The summed E-state index contributed by atoms with van der Waals surface area (Å²) < 4.78 is 0.340. The van der Waals surface area contributed by atoms with Crippen LogP contribution in [-0.4, -0.2) is 4.75 Å². The summed E-state index contributed by atoms with van der Waals surface area (Å²) in [6.07, 6.45) is 5.36. The third-order valence-electron chi connectivity index (χ3n) is 7.72. The van der Waals surface area contributed by atoms with Gasteiger partial charge in [-0.05, 0) is 76.2 Å². The summed E-state index contributed by atoms with van der Waals surface area (Å²) in [6, 6.07) is 27.3. The summed E-state index contributed by atoms with van der Waals surface area (Å²) >= 11 is 2.13. The van der Waals surface area contributed by atoms with Crippen LogP contribution < -0.4 is 0 Å². The van der Waals surface area contributed by atoms with Crippen molar-refractivity contribution in [2.75, 3.05) is 0 Å². The zero-order chi connectivity index (χ0) is 19.6. The van der Waals surface area contributed by atoms with Gasteiger partial charge in [-0.15, -0.1) is 11.8 Å². The number of rotatable bonds is 1.